The molecular weight excluding hydrogens is 376 g/mol. The van der Waals surface area contributed by atoms with Crippen molar-refractivity contribution in [2.24, 2.45) is 4.99 Å². The van der Waals surface area contributed by atoms with Crippen molar-refractivity contribution >= 4 is 11.9 Å². The number of benzene rings is 1. The molecule has 1 aromatic carbocycles. The lowest BCUT2D eigenvalue weighted by molar-refractivity contribution is -0.0968. The Morgan fingerprint density at radius 2 is 1.83 bits per heavy atom. The summed E-state index contributed by atoms with van der Waals surface area (Å²) in [5.41, 5.74) is 4.90. The van der Waals surface area contributed by atoms with Crippen molar-refractivity contribution in [1.82, 2.24) is 19.8 Å². The van der Waals surface area contributed by atoms with E-state index in [2.05, 4.69) is 70.0 Å². The number of rotatable bonds is 4. The first-order valence-electron chi connectivity index (χ1n) is 10.8. The summed E-state index contributed by atoms with van der Waals surface area (Å²) in [7, 11) is 1.71. The third kappa shape index (κ3) is 3.18. The maximum atomic E-state index is 5.45. The third-order valence-corrected chi connectivity index (χ3v) is 6.39. The molecule has 1 fully saturated rings. The zero-order valence-corrected chi connectivity index (χ0v) is 18.0. The summed E-state index contributed by atoms with van der Waals surface area (Å²) in [6, 6.07) is 10.9. The largest absolute Gasteiger partial charge is 0.369 e. The van der Waals surface area contributed by atoms with E-state index in [0.29, 0.717) is 6.67 Å². The predicted octanol–water partition coefficient (Wildman–Crippen LogP) is 2.65. The Balaban J connectivity index is 1.40. The van der Waals surface area contributed by atoms with Crippen molar-refractivity contribution in [3.63, 3.8) is 0 Å². The highest BCUT2D eigenvalue weighted by Gasteiger charge is 2.39. The lowest BCUT2D eigenvalue weighted by Gasteiger charge is -2.46. The van der Waals surface area contributed by atoms with Gasteiger partial charge in [0.2, 0.25) is 0 Å². The summed E-state index contributed by atoms with van der Waals surface area (Å²) in [6.45, 7) is 10.2. The van der Waals surface area contributed by atoms with Crippen LogP contribution in [-0.2, 0) is 4.84 Å². The maximum absolute atomic E-state index is 5.45. The first-order valence-corrected chi connectivity index (χ1v) is 10.8. The smallest absolute Gasteiger partial charge is 0.138 e. The Hall–Kier alpha value is -2.77. The Kier molecular flexibility index (Phi) is 5.00. The highest BCUT2D eigenvalue weighted by molar-refractivity contribution is 5.81. The predicted molar refractivity (Wildman–Crippen MR) is 119 cm³/mol. The number of anilines is 1. The van der Waals surface area contributed by atoms with Crippen molar-refractivity contribution in [1.29, 1.82) is 0 Å². The highest BCUT2D eigenvalue weighted by atomic mass is 16.7. The molecule has 30 heavy (non-hydrogen) atoms. The molecule has 0 saturated carbocycles. The Labute approximate surface area is 178 Å². The van der Waals surface area contributed by atoms with Gasteiger partial charge in [0.25, 0.3) is 0 Å². The van der Waals surface area contributed by atoms with E-state index in [9.17, 15) is 0 Å². The van der Waals surface area contributed by atoms with Gasteiger partial charge in [0.1, 0.15) is 18.2 Å². The number of allylic oxidation sites excluding steroid dienone is 1. The van der Waals surface area contributed by atoms with E-state index in [4.69, 9.17) is 9.83 Å². The number of para-hydroxylation sites is 1. The normalized spacial score (nSPS) is 24.2. The number of nitrogens with zero attached hydrogens (tertiary/aromatic N) is 6. The van der Waals surface area contributed by atoms with Gasteiger partial charge < -0.3 is 14.7 Å². The van der Waals surface area contributed by atoms with Gasteiger partial charge >= 0.3 is 0 Å². The van der Waals surface area contributed by atoms with Gasteiger partial charge in [-0.1, -0.05) is 18.2 Å². The Morgan fingerprint density at radius 1 is 1.07 bits per heavy atom. The molecular formula is C23H30N6O. The molecule has 4 heterocycles. The summed E-state index contributed by atoms with van der Waals surface area (Å²) in [5, 5.41) is 1.85. The van der Waals surface area contributed by atoms with Gasteiger partial charge in [-0.2, -0.15) is 0 Å². The number of aliphatic imine (C=N–C) groups is 1. The molecule has 1 saturated heterocycles. The summed E-state index contributed by atoms with van der Waals surface area (Å²) in [5.74, 6) is 1.19. The van der Waals surface area contributed by atoms with E-state index in [0.717, 1.165) is 44.1 Å². The van der Waals surface area contributed by atoms with Gasteiger partial charge in [0.15, 0.2) is 0 Å². The summed E-state index contributed by atoms with van der Waals surface area (Å²) >= 11 is 0. The van der Waals surface area contributed by atoms with E-state index >= 15 is 0 Å². The van der Waals surface area contributed by atoms with E-state index < -0.39 is 0 Å². The molecule has 0 aliphatic carbocycles. The Morgan fingerprint density at radius 3 is 2.53 bits per heavy atom. The Bertz CT molecular complexity index is 913. The minimum absolute atomic E-state index is 0.218. The van der Waals surface area contributed by atoms with Gasteiger partial charge in [-0.05, 0) is 31.6 Å². The molecule has 1 aromatic rings. The molecule has 4 aliphatic heterocycles. The zero-order chi connectivity index (χ0) is 20.7. The molecule has 1 unspecified atom stereocenters. The molecule has 7 nitrogen and oxygen atoms in total. The highest BCUT2D eigenvalue weighted by Crippen LogP contribution is 2.38. The van der Waals surface area contributed by atoms with Crippen LogP contribution in [0.5, 0.6) is 0 Å². The zero-order valence-electron chi connectivity index (χ0n) is 18.0. The standard InChI is InChI=1S/C23H30N6O/c1-4-25-15-18(2)22(21-23(25)29-17-28(30-3)16-20(29)14-24-21)27-12-10-26(11-13-27)19-8-6-5-7-9-19/h5-9,14-16,22H,4,10-13,17H2,1-3H3. The number of hydroxylamine groups is 2. The van der Waals surface area contributed by atoms with E-state index in [1.165, 1.54) is 17.1 Å². The van der Waals surface area contributed by atoms with Crippen LogP contribution in [0.25, 0.3) is 0 Å². The van der Waals surface area contributed by atoms with E-state index in [-0.39, 0.29) is 6.04 Å². The van der Waals surface area contributed by atoms with Gasteiger partial charge in [-0.3, -0.25) is 14.7 Å². The van der Waals surface area contributed by atoms with Crippen molar-refractivity contribution in [3.8, 4) is 0 Å². The number of hydrogen-bond acceptors (Lipinski definition) is 7. The van der Waals surface area contributed by atoms with Crippen LogP contribution in [0.3, 0.4) is 0 Å². The molecule has 0 N–H and O–H groups in total. The number of piperazine rings is 1. The lowest BCUT2D eigenvalue weighted by atomic mass is 9.98. The van der Waals surface area contributed by atoms with Gasteiger partial charge in [0, 0.05) is 44.6 Å². The second-order valence-corrected chi connectivity index (χ2v) is 8.11. The average molecular weight is 407 g/mol. The van der Waals surface area contributed by atoms with Gasteiger partial charge in [0.05, 0.1) is 31.3 Å². The maximum Gasteiger partial charge on any atom is 0.138 e. The SMILES string of the molecule is CCN1C=C(C)C(N2CCN(c3ccccc3)CC2)C2=C1N1CN(OC)C=C1C=N2. The second kappa shape index (κ2) is 7.81. The molecule has 7 heteroatoms. The van der Waals surface area contributed by atoms with Crippen LogP contribution in [0, 0.1) is 0 Å². The first-order chi connectivity index (χ1) is 14.7. The van der Waals surface area contributed by atoms with Crippen LogP contribution in [0.1, 0.15) is 13.8 Å². The third-order valence-electron chi connectivity index (χ3n) is 6.39. The monoisotopic (exact) mass is 406 g/mol. The van der Waals surface area contributed by atoms with Crippen LogP contribution < -0.4 is 4.90 Å². The number of fused-ring (bicyclic) bond motifs is 2. The molecule has 5 rings (SSSR count). The quantitative estimate of drug-likeness (QED) is 0.765. The summed E-state index contributed by atoms with van der Waals surface area (Å²) < 4.78 is 0. The molecule has 0 bridgehead atoms. The van der Waals surface area contributed by atoms with Crippen LogP contribution >= 0.6 is 0 Å². The summed E-state index contributed by atoms with van der Waals surface area (Å²) in [4.78, 5) is 20.1. The van der Waals surface area contributed by atoms with Crippen LogP contribution in [0.4, 0.5) is 5.69 Å². The lowest BCUT2D eigenvalue weighted by Crippen LogP contribution is -2.53. The minimum atomic E-state index is 0.218. The first kappa shape index (κ1) is 19.2. The van der Waals surface area contributed by atoms with Crippen LogP contribution in [0.15, 0.2) is 70.5 Å². The van der Waals surface area contributed by atoms with Crippen LogP contribution in [-0.4, -0.2) is 78.5 Å². The molecule has 158 valence electrons. The fourth-order valence-corrected chi connectivity index (χ4v) is 4.88. The summed E-state index contributed by atoms with van der Waals surface area (Å²) in [6.07, 6.45) is 6.30. The van der Waals surface area contributed by atoms with Gasteiger partial charge in [-0.25, -0.2) is 5.06 Å². The molecule has 0 amide bonds. The van der Waals surface area contributed by atoms with Crippen molar-refractivity contribution < 1.29 is 4.84 Å². The molecule has 1 atom stereocenters. The molecule has 0 spiro atoms. The van der Waals surface area contributed by atoms with Crippen molar-refractivity contribution in [2.75, 3.05) is 51.4 Å². The van der Waals surface area contributed by atoms with E-state index in [1.807, 2.05) is 17.5 Å². The fraction of sp³-hybridized carbons (Fsp3) is 0.435. The fourth-order valence-electron chi connectivity index (χ4n) is 4.88. The molecule has 0 radical (unpaired) electrons. The number of hydrogen-bond donors (Lipinski definition) is 0. The molecule has 0 aromatic heterocycles. The van der Waals surface area contributed by atoms with Crippen molar-refractivity contribution in [2.45, 2.75) is 19.9 Å². The average Bonchev–Trinajstić information content (AvgIpc) is 3.23. The van der Waals surface area contributed by atoms with E-state index in [1.54, 1.807) is 7.11 Å². The topological polar surface area (TPSA) is 37.8 Å². The minimum Gasteiger partial charge on any atom is -0.369 e. The molecule has 4 aliphatic rings. The van der Waals surface area contributed by atoms with Crippen LogP contribution in [0.2, 0.25) is 0 Å². The second-order valence-electron chi connectivity index (χ2n) is 8.11. The van der Waals surface area contributed by atoms with Gasteiger partial charge in [-0.15, -0.1) is 0 Å². The van der Waals surface area contributed by atoms with Crippen molar-refractivity contribution in [3.05, 3.63) is 65.5 Å².